The lowest BCUT2D eigenvalue weighted by atomic mass is 10.0. The van der Waals surface area contributed by atoms with E-state index in [4.69, 9.17) is 4.74 Å². The first kappa shape index (κ1) is 24.2. The van der Waals surface area contributed by atoms with Crippen LogP contribution in [0, 0.1) is 10.1 Å². The maximum atomic E-state index is 12.7. The average molecular weight is 519 g/mol. The molecule has 2 aliphatic rings. The van der Waals surface area contributed by atoms with Crippen LogP contribution in [0.3, 0.4) is 0 Å². The number of rotatable bonds is 8. The number of nitro groups is 1. The highest BCUT2D eigenvalue weighted by molar-refractivity contribution is 8.00. The van der Waals surface area contributed by atoms with E-state index in [1.807, 2.05) is 11.4 Å². The Kier molecular flexibility index (Phi) is 7.02. The molecule has 0 spiro atoms. The molecule has 3 N–H and O–H groups in total. The summed E-state index contributed by atoms with van der Waals surface area (Å²) in [4.78, 5) is 61.1. The zero-order valence-corrected chi connectivity index (χ0v) is 19.5. The first-order valence-electron chi connectivity index (χ1n) is 10.1. The molecule has 2 aromatic rings. The Balaban J connectivity index is 1.37. The molecule has 0 aliphatic carbocycles. The number of benzene rings is 1. The Labute approximate surface area is 206 Å². The molecule has 12 nitrogen and oxygen atoms in total. The van der Waals surface area contributed by atoms with Gasteiger partial charge in [-0.2, -0.15) is 0 Å². The summed E-state index contributed by atoms with van der Waals surface area (Å²) in [6.45, 7) is -0.198. The summed E-state index contributed by atoms with van der Waals surface area (Å²) >= 11 is 2.62. The molecule has 0 saturated carbocycles. The molecule has 14 heteroatoms. The Morgan fingerprint density at radius 1 is 1.23 bits per heavy atom. The molecule has 3 heterocycles. The summed E-state index contributed by atoms with van der Waals surface area (Å²) in [5.41, 5.74) is -0.00208. The maximum absolute atomic E-state index is 12.7. The molecule has 0 radical (unpaired) electrons. The number of β-lactam (4-membered cyclic amide) rings is 1. The van der Waals surface area contributed by atoms with Crippen LogP contribution >= 0.6 is 23.1 Å². The molecule has 0 bridgehead atoms. The van der Waals surface area contributed by atoms with Gasteiger partial charge in [0.2, 0.25) is 5.91 Å². The SMILES string of the molecule is O=C(Cc1cccs1)NC1C(=O)N2C(C(=O)O)=C(NC(=O)OCc3ccc([N+](=O)[O-])cc3)CS[C@@H]12. The summed E-state index contributed by atoms with van der Waals surface area (Å²) in [6.07, 6.45) is -0.821. The lowest BCUT2D eigenvalue weighted by Crippen LogP contribution is -2.71. The highest BCUT2D eigenvalue weighted by Crippen LogP contribution is 2.39. The van der Waals surface area contributed by atoms with Crippen molar-refractivity contribution in [3.05, 3.63) is 73.7 Å². The van der Waals surface area contributed by atoms with Gasteiger partial charge in [-0.05, 0) is 29.1 Å². The van der Waals surface area contributed by atoms with Gasteiger partial charge in [0, 0.05) is 22.8 Å². The number of hydrogen-bond acceptors (Lipinski definition) is 9. The first-order chi connectivity index (χ1) is 16.7. The minimum absolute atomic E-state index is 0.0100. The largest absolute Gasteiger partial charge is 0.477 e. The van der Waals surface area contributed by atoms with Gasteiger partial charge >= 0.3 is 12.1 Å². The molecule has 1 saturated heterocycles. The van der Waals surface area contributed by atoms with E-state index < -0.39 is 34.3 Å². The van der Waals surface area contributed by atoms with Crippen LogP contribution < -0.4 is 10.6 Å². The summed E-state index contributed by atoms with van der Waals surface area (Å²) in [5.74, 6) is -2.26. The molecule has 3 amide bonds. The Morgan fingerprint density at radius 3 is 2.60 bits per heavy atom. The number of nitrogens with zero attached hydrogens (tertiary/aromatic N) is 2. The number of hydrogen-bond donors (Lipinski definition) is 3. The predicted molar refractivity (Wildman–Crippen MR) is 124 cm³/mol. The van der Waals surface area contributed by atoms with Crippen molar-refractivity contribution >= 4 is 52.7 Å². The maximum Gasteiger partial charge on any atom is 0.411 e. The van der Waals surface area contributed by atoms with Crippen LogP contribution in [0.4, 0.5) is 10.5 Å². The second-order valence-electron chi connectivity index (χ2n) is 7.47. The monoisotopic (exact) mass is 518 g/mol. The molecule has 2 aliphatic heterocycles. The van der Waals surface area contributed by atoms with Gasteiger partial charge in [0.1, 0.15) is 18.0 Å². The van der Waals surface area contributed by atoms with Crippen LogP contribution in [0.25, 0.3) is 0 Å². The van der Waals surface area contributed by atoms with Crippen molar-refractivity contribution < 1.29 is 33.9 Å². The van der Waals surface area contributed by atoms with Gasteiger partial charge in [0.05, 0.1) is 17.0 Å². The number of fused-ring (bicyclic) bond motifs is 1. The third-order valence-electron chi connectivity index (χ3n) is 5.17. The number of carboxylic acids is 1. The quantitative estimate of drug-likeness (QED) is 0.268. The van der Waals surface area contributed by atoms with E-state index >= 15 is 0 Å². The molecular weight excluding hydrogens is 500 g/mol. The smallest absolute Gasteiger partial charge is 0.411 e. The Hall–Kier alpha value is -3.91. The summed E-state index contributed by atoms with van der Waals surface area (Å²) in [6, 6.07) is 8.15. The second kappa shape index (κ2) is 10.1. The second-order valence-corrected chi connectivity index (χ2v) is 9.61. The van der Waals surface area contributed by atoms with Crippen molar-refractivity contribution in [2.75, 3.05) is 5.75 Å². The number of carbonyl (C=O) groups is 4. The molecule has 4 rings (SSSR count). The summed E-state index contributed by atoms with van der Waals surface area (Å²) in [5, 5.41) is 26.6. The number of thiophene rings is 1. The van der Waals surface area contributed by atoms with E-state index in [-0.39, 0.29) is 41.8 Å². The Bertz CT molecular complexity index is 1210. The number of carbonyl (C=O) groups excluding carboxylic acids is 3. The van der Waals surface area contributed by atoms with Crippen LogP contribution in [0.2, 0.25) is 0 Å². The fourth-order valence-electron chi connectivity index (χ4n) is 3.53. The number of nitro benzene ring substituents is 1. The van der Waals surface area contributed by atoms with Crippen molar-refractivity contribution in [2.45, 2.75) is 24.4 Å². The zero-order chi connectivity index (χ0) is 25.1. The number of nitrogens with one attached hydrogen (secondary N) is 2. The highest BCUT2D eigenvalue weighted by Gasteiger charge is 2.54. The van der Waals surface area contributed by atoms with Gasteiger partial charge in [-0.3, -0.25) is 29.9 Å². The Morgan fingerprint density at radius 2 is 1.97 bits per heavy atom. The topological polar surface area (TPSA) is 168 Å². The highest BCUT2D eigenvalue weighted by atomic mass is 32.2. The third-order valence-corrected chi connectivity index (χ3v) is 7.33. The minimum atomic E-state index is -1.40. The molecule has 1 aromatic carbocycles. The normalized spacial score (nSPS) is 18.9. The van der Waals surface area contributed by atoms with Crippen molar-refractivity contribution in [1.29, 1.82) is 0 Å². The number of aliphatic carboxylic acids is 1. The standard InChI is InChI=1S/C21H18N4O8S2/c26-15(8-13-2-1-7-34-13)23-16-18(27)24-17(20(28)29)14(10-35-19(16)24)22-21(30)33-9-11-3-5-12(6-4-11)25(31)32/h1-7,16,19H,8-10H2,(H,22,30)(H,23,26)(H,28,29)/t16?,19-/m0/s1. The van der Waals surface area contributed by atoms with Gasteiger partial charge in [0.15, 0.2) is 5.70 Å². The molecule has 182 valence electrons. The van der Waals surface area contributed by atoms with Gasteiger partial charge in [0.25, 0.3) is 11.6 Å². The van der Waals surface area contributed by atoms with Crippen LogP contribution in [0.1, 0.15) is 10.4 Å². The predicted octanol–water partition coefficient (Wildman–Crippen LogP) is 1.82. The van der Waals surface area contributed by atoms with E-state index in [2.05, 4.69) is 10.6 Å². The van der Waals surface area contributed by atoms with Gasteiger partial charge in [-0.1, -0.05) is 6.07 Å². The van der Waals surface area contributed by atoms with Crippen LogP contribution in [0.15, 0.2) is 53.2 Å². The summed E-state index contributed by atoms with van der Waals surface area (Å²) in [7, 11) is 0. The number of amides is 3. The van der Waals surface area contributed by atoms with Crippen molar-refractivity contribution in [3.63, 3.8) is 0 Å². The minimum Gasteiger partial charge on any atom is -0.477 e. The lowest BCUT2D eigenvalue weighted by Gasteiger charge is -2.49. The summed E-state index contributed by atoms with van der Waals surface area (Å²) < 4.78 is 5.07. The molecule has 35 heavy (non-hydrogen) atoms. The average Bonchev–Trinajstić information content (AvgIpc) is 3.34. The van der Waals surface area contributed by atoms with Crippen molar-refractivity contribution in [1.82, 2.24) is 15.5 Å². The van der Waals surface area contributed by atoms with Crippen LogP contribution in [-0.2, 0) is 32.1 Å². The molecule has 1 aromatic heterocycles. The van der Waals surface area contributed by atoms with Gasteiger partial charge in [-0.25, -0.2) is 9.59 Å². The van der Waals surface area contributed by atoms with E-state index in [9.17, 15) is 34.4 Å². The molecule has 2 atom stereocenters. The zero-order valence-electron chi connectivity index (χ0n) is 17.8. The van der Waals surface area contributed by atoms with E-state index in [0.717, 1.165) is 9.78 Å². The van der Waals surface area contributed by atoms with Gasteiger partial charge in [-0.15, -0.1) is 23.1 Å². The van der Waals surface area contributed by atoms with E-state index in [1.54, 1.807) is 6.07 Å². The lowest BCUT2D eigenvalue weighted by molar-refractivity contribution is -0.384. The van der Waals surface area contributed by atoms with Gasteiger partial charge < -0.3 is 15.2 Å². The number of carboxylic acid groups (broad SMARTS) is 1. The van der Waals surface area contributed by atoms with Crippen LogP contribution in [0.5, 0.6) is 0 Å². The fourth-order valence-corrected chi connectivity index (χ4v) is 5.52. The van der Waals surface area contributed by atoms with Crippen molar-refractivity contribution in [2.24, 2.45) is 0 Å². The third kappa shape index (κ3) is 5.27. The van der Waals surface area contributed by atoms with Crippen LogP contribution in [-0.4, -0.2) is 56.0 Å². The van der Waals surface area contributed by atoms with Crippen molar-refractivity contribution in [3.8, 4) is 0 Å². The number of ether oxygens (including phenoxy) is 1. The van der Waals surface area contributed by atoms with E-state index in [0.29, 0.717) is 5.56 Å². The number of alkyl carbamates (subject to hydrolysis) is 1. The fraction of sp³-hybridized carbons (Fsp3) is 0.238. The number of non-ortho nitro benzene ring substituents is 1. The molecule has 1 fully saturated rings. The molecule has 1 unspecified atom stereocenters. The number of thioether (sulfide) groups is 1. The first-order valence-corrected chi connectivity index (χ1v) is 12.1. The van der Waals surface area contributed by atoms with E-state index in [1.165, 1.54) is 47.4 Å². The molecular formula is C21H18N4O8S2.